The van der Waals surface area contributed by atoms with Crippen LogP contribution in [0.15, 0.2) is 24.4 Å². The van der Waals surface area contributed by atoms with E-state index in [0.717, 1.165) is 12.0 Å². The summed E-state index contributed by atoms with van der Waals surface area (Å²) in [6.45, 7) is 3.95. The molecular weight excluding hydrogens is 290 g/mol. The van der Waals surface area contributed by atoms with Gasteiger partial charge in [-0.05, 0) is 31.0 Å². The normalized spacial score (nSPS) is 12.2. The predicted octanol–water partition coefficient (Wildman–Crippen LogP) is 2.29. The van der Waals surface area contributed by atoms with E-state index in [-0.39, 0.29) is 18.5 Å². The van der Waals surface area contributed by atoms with E-state index < -0.39 is 0 Å². The minimum Gasteiger partial charge on any atom is -0.324 e. The van der Waals surface area contributed by atoms with Crippen molar-refractivity contribution in [1.29, 1.82) is 0 Å². The molecule has 3 N–H and O–H groups in total. The molecule has 1 heterocycles. The summed E-state index contributed by atoms with van der Waals surface area (Å²) in [4.78, 5) is 12.0. The molecule has 1 amide bonds. The quantitative estimate of drug-likeness (QED) is 0.887. The fourth-order valence-electron chi connectivity index (χ4n) is 1.84. The number of aromatic nitrogens is 3. The summed E-state index contributed by atoms with van der Waals surface area (Å²) >= 11 is 5.92. The number of carbonyl (C=O) groups excluding carboxylic acids is 1. The lowest BCUT2D eigenvalue weighted by molar-refractivity contribution is -0.116. The zero-order chi connectivity index (χ0) is 15.4. The molecule has 2 aromatic rings. The van der Waals surface area contributed by atoms with Crippen LogP contribution in [0.4, 0.5) is 5.69 Å². The van der Waals surface area contributed by atoms with E-state index in [1.54, 1.807) is 18.3 Å². The molecule has 0 aliphatic rings. The van der Waals surface area contributed by atoms with Gasteiger partial charge in [0.05, 0.1) is 17.9 Å². The topological polar surface area (TPSA) is 85.8 Å². The van der Waals surface area contributed by atoms with E-state index in [9.17, 15) is 4.79 Å². The Morgan fingerprint density at radius 2 is 2.29 bits per heavy atom. The number of carbonyl (C=O) groups is 1. The number of nitrogens with one attached hydrogen (secondary N) is 1. The average molecular weight is 308 g/mol. The van der Waals surface area contributed by atoms with Crippen molar-refractivity contribution in [1.82, 2.24) is 15.0 Å². The van der Waals surface area contributed by atoms with Gasteiger partial charge in [0, 0.05) is 10.7 Å². The molecule has 0 spiro atoms. The molecule has 112 valence electrons. The number of hydrogen-bond acceptors (Lipinski definition) is 4. The number of benzene rings is 1. The highest BCUT2D eigenvalue weighted by atomic mass is 35.5. The third kappa shape index (κ3) is 4.03. The number of nitrogens with two attached hydrogens (primary N) is 1. The van der Waals surface area contributed by atoms with Crippen molar-refractivity contribution in [3.05, 3.63) is 40.7 Å². The highest BCUT2D eigenvalue weighted by molar-refractivity contribution is 6.31. The number of anilines is 1. The molecule has 1 atom stereocenters. The summed E-state index contributed by atoms with van der Waals surface area (Å²) in [5.41, 5.74) is 8.19. The summed E-state index contributed by atoms with van der Waals surface area (Å²) in [7, 11) is 0. The fraction of sp³-hybridized carbons (Fsp3) is 0.357. The Labute approximate surface area is 128 Å². The van der Waals surface area contributed by atoms with Crippen LogP contribution in [0.3, 0.4) is 0 Å². The maximum absolute atomic E-state index is 12.0. The van der Waals surface area contributed by atoms with Crippen molar-refractivity contribution in [2.24, 2.45) is 5.73 Å². The van der Waals surface area contributed by atoms with Gasteiger partial charge in [0.25, 0.3) is 0 Å². The van der Waals surface area contributed by atoms with Crippen LogP contribution in [0.5, 0.6) is 0 Å². The maximum Gasteiger partial charge on any atom is 0.246 e. The minimum absolute atomic E-state index is 0.0788. The highest BCUT2D eigenvalue weighted by Gasteiger charge is 2.11. The predicted molar refractivity (Wildman–Crippen MR) is 82.1 cm³/mol. The molecule has 6 nitrogen and oxygen atoms in total. The maximum atomic E-state index is 12.0. The number of halogens is 1. The Morgan fingerprint density at radius 3 is 3.00 bits per heavy atom. The molecular formula is C14H18ClN5O. The smallest absolute Gasteiger partial charge is 0.246 e. The molecule has 0 aliphatic carbocycles. The van der Waals surface area contributed by atoms with E-state index in [2.05, 4.69) is 15.6 Å². The van der Waals surface area contributed by atoms with Crippen LogP contribution in [0, 0.1) is 6.92 Å². The first-order valence-corrected chi connectivity index (χ1v) is 7.09. The summed E-state index contributed by atoms with van der Waals surface area (Å²) < 4.78 is 1.47. The first-order chi connectivity index (χ1) is 9.99. The highest BCUT2D eigenvalue weighted by Crippen LogP contribution is 2.20. The van der Waals surface area contributed by atoms with Gasteiger partial charge in [-0.25, -0.2) is 4.68 Å². The summed E-state index contributed by atoms with van der Waals surface area (Å²) in [5.74, 6) is -0.193. The van der Waals surface area contributed by atoms with E-state index in [4.69, 9.17) is 17.3 Å². The van der Waals surface area contributed by atoms with Crippen LogP contribution < -0.4 is 11.1 Å². The fourth-order valence-corrected chi connectivity index (χ4v) is 2.01. The van der Waals surface area contributed by atoms with Crippen LogP contribution in [0.2, 0.25) is 5.02 Å². The largest absolute Gasteiger partial charge is 0.324 e. The number of rotatable bonds is 5. The molecule has 21 heavy (non-hydrogen) atoms. The second kappa shape index (κ2) is 6.69. The summed E-state index contributed by atoms with van der Waals surface area (Å²) in [6, 6.07) is 5.19. The molecule has 0 fully saturated rings. The Balaban J connectivity index is 2.01. The van der Waals surface area contributed by atoms with Crippen molar-refractivity contribution < 1.29 is 4.79 Å². The van der Waals surface area contributed by atoms with Crippen LogP contribution in [-0.4, -0.2) is 20.9 Å². The lowest BCUT2D eigenvalue weighted by atomic mass is 10.2. The van der Waals surface area contributed by atoms with Gasteiger partial charge in [0.2, 0.25) is 5.91 Å². The molecule has 1 aromatic heterocycles. The van der Waals surface area contributed by atoms with E-state index >= 15 is 0 Å². The van der Waals surface area contributed by atoms with E-state index in [1.165, 1.54) is 4.68 Å². The monoisotopic (exact) mass is 307 g/mol. The Morgan fingerprint density at radius 1 is 1.52 bits per heavy atom. The Kier molecular flexibility index (Phi) is 4.93. The third-order valence-corrected chi connectivity index (χ3v) is 3.39. The molecule has 0 bridgehead atoms. The average Bonchev–Trinajstić information content (AvgIpc) is 2.90. The summed E-state index contributed by atoms with van der Waals surface area (Å²) in [6.07, 6.45) is 2.46. The van der Waals surface area contributed by atoms with Crippen molar-refractivity contribution in [3.63, 3.8) is 0 Å². The Bertz CT molecular complexity index is 640. The number of nitrogens with zero attached hydrogens (tertiary/aromatic N) is 3. The number of hydrogen-bond donors (Lipinski definition) is 2. The molecule has 0 radical (unpaired) electrons. The zero-order valence-electron chi connectivity index (χ0n) is 12.0. The van der Waals surface area contributed by atoms with Crippen LogP contribution in [0.1, 0.15) is 30.6 Å². The molecule has 2 rings (SSSR count). The van der Waals surface area contributed by atoms with Crippen LogP contribution in [-0.2, 0) is 11.3 Å². The molecule has 1 aromatic carbocycles. The number of aryl methyl sites for hydroxylation is 1. The van der Waals surface area contributed by atoms with Gasteiger partial charge in [-0.2, -0.15) is 0 Å². The van der Waals surface area contributed by atoms with Gasteiger partial charge in [0.1, 0.15) is 6.54 Å². The van der Waals surface area contributed by atoms with E-state index in [0.29, 0.717) is 16.4 Å². The molecule has 1 unspecified atom stereocenters. The molecule has 0 saturated heterocycles. The van der Waals surface area contributed by atoms with E-state index in [1.807, 2.05) is 19.9 Å². The van der Waals surface area contributed by atoms with Gasteiger partial charge >= 0.3 is 0 Å². The molecule has 0 aliphatic heterocycles. The molecule has 0 saturated carbocycles. The second-order valence-electron chi connectivity index (χ2n) is 4.86. The van der Waals surface area contributed by atoms with Crippen molar-refractivity contribution >= 4 is 23.2 Å². The first-order valence-electron chi connectivity index (χ1n) is 6.71. The van der Waals surface area contributed by atoms with Crippen molar-refractivity contribution in [3.8, 4) is 0 Å². The second-order valence-corrected chi connectivity index (χ2v) is 5.30. The van der Waals surface area contributed by atoms with Crippen molar-refractivity contribution in [2.45, 2.75) is 32.9 Å². The van der Waals surface area contributed by atoms with Crippen molar-refractivity contribution in [2.75, 3.05) is 5.32 Å². The number of amides is 1. The molecule has 7 heteroatoms. The Hall–Kier alpha value is -1.92. The standard InChI is InChI=1S/C14H18ClN5O/c1-3-11(16)13-7-20(19-18-13)8-14(21)17-12-6-10(15)5-4-9(12)2/h4-7,11H,3,8,16H2,1-2H3,(H,17,21). The summed E-state index contributed by atoms with van der Waals surface area (Å²) in [5, 5.41) is 11.3. The zero-order valence-corrected chi connectivity index (χ0v) is 12.8. The van der Waals surface area contributed by atoms with Gasteiger partial charge < -0.3 is 11.1 Å². The first kappa shape index (κ1) is 15.5. The third-order valence-electron chi connectivity index (χ3n) is 3.16. The van der Waals surface area contributed by atoms with Crippen LogP contribution in [0.25, 0.3) is 0 Å². The van der Waals surface area contributed by atoms with Crippen LogP contribution >= 0.6 is 11.6 Å². The lowest BCUT2D eigenvalue weighted by Gasteiger charge is -2.08. The minimum atomic E-state index is -0.193. The SMILES string of the molecule is CCC(N)c1cn(CC(=O)Nc2cc(Cl)ccc2C)nn1. The van der Waals surface area contributed by atoms with Gasteiger partial charge in [-0.15, -0.1) is 5.10 Å². The van der Waals surface area contributed by atoms with Gasteiger partial charge in [0.15, 0.2) is 0 Å². The van der Waals surface area contributed by atoms with Gasteiger partial charge in [-0.3, -0.25) is 4.79 Å². The lowest BCUT2D eigenvalue weighted by Crippen LogP contribution is -2.19. The van der Waals surface area contributed by atoms with Gasteiger partial charge in [-0.1, -0.05) is 29.8 Å².